The molecule has 2 aromatic rings. The zero-order chi connectivity index (χ0) is 20.0. The zero-order valence-electron chi connectivity index (χ0n) is 18.7. The lowest BCUT2D eigenvalue weighted by Gasteiger charge is -2.47. The summed E-state index contributed by atoms with van der Waals surface area (Å²) in [7, 11) is 0. The molecule has 27 heavy (non-hydrogen) atoms. The van der Waals surface area contributed by atoms with Crippen molar-refractivity contribution < 1.29 is 0 Å². The van der Waals surface area contributed by atoms with Crippen LogP contribution in [0, 0.1) is 5.92 Å². The molecule has 0 bridgehead atoms. The van der Waals surface area contributed by atoms with Crippen LogP contribution in [0.4, 0.5) is 0 Å². The number of hydrogen-bond acceptors (Lipinski definition) is 1. The van der Waals surface area contributed by atoms with Gasteiger partial charge in [0, 0.05) is 29.7 Å². The fraction of sp³-hybridized carbons (Fsp3) is 0.600. The van der Waals surface area contributed by atoms with Crippen LogP contribution in [0.15, 0.2) is 29.8 Å². The molecule has 2 heteroatoms. The van der Waals surface area contributed by atoms with Gasteiger partial charge in [-0.1, -0.05) is 66.7 Å². The first kappa shape index (κ1) is 21.8. The number of piperidine rings is 1. The summed E-state index contributed by atoms with van der Waals surface area (Å²) in [5.74, 6) is 0.764. The van der Waals surface area contributed by atoms with Crippen LogP contribution in [0.25, 0.3) is 17.1 Å². The molecule has 0 amide bonds. The average Bonchev–Trinajstić information content (AvgIpc) is 3.11. The maximum atomic E-state index is 2.76. The number of rotatable bonds is 1. The minimum atomic E-state index is 0.648. The lowest BCUT2D eigenvalue weighted by molar-refractivity contribution is 0.0916. The SMILES string of the molecule is CC.CC.CC.CCC1=Cn2c3c(c4ccccc42)CCN2CCCC1C32. The Morgan fingerprint density at radius 3 is 2.37 bits per heavy atom. The Morgan fingerprint density at radius 2 is 1.67 bits per heavy atom. The van der Waals surface area contributed by atoms with Gasteiger partial charge in [0.2, 0.25) is 0 Å². The second-order valence-electron chi connectivity index (χ2n) is 6.79. The van der Waals surface area contributed by atoms with E-state index in [1.54, 1.807) is 16.8 Å². The summed E-state index contributed by atoms with van der Waals surface area (Å²) in [6.45, 7) is 16.9. The first-order valence-corrected chi connectivity index (χ1v) is 11.4. The standard InChI is InChI=1S/C19H22N2.3C2H6/c1-2-13-12-21-17-8-4-3-6-15(17)16-9-11-20-10-5-7-14(13)18(20)19(16)21;3*1-2/h3-4,6,8,12,14,18H,2,5,7,9-11H2,1H3;3*1-2H3. The van der Waals surface area contributed by atoms with E-state index >= 15 is 0 Å². The van der Waals surface area contributed by atoms with Gasteiger partial charge in [-0.3, -0.25) is 4.90 Å². The molecule has 4 heterocycles. The number of fused-ring (bicyclic) bond motifs is 3. The molecule has 150 valence electrons. The summed E-state index contributed by atoms with van der Waals surface area (Å²) in [6.07, 6.45) is 7.63. The van der Waals surface area contributed by atoms with Crippen molar-refractivity contribution >= 4 is 17.1 Å². The van der Waals surface area contributed by atoms with Crippen molar-refractivity contribution in [1.29, 1.82) is 0 Å². The van der Waals surface area contributed by atoms with E-state index in [1.165, 1.54) is 49.7 Å². The Bertz CT molecular complexity index is 753. The van der Waals surface area contributed by atoms with Crippen molar-refractivity contribution in [2.24, 2.45) is 5.92 Å². The van der Waals surface area contributed by atoms with Gasteiger partial charge in [0.15, 0.2) is 0 Å². The summed E-state index contributed by atoms with van der Waals surface area (Å²) >= 11 is 0. The second kappa shape index (κ2) is 10.1. The smallest absolute Gasteiger partial charge is 0.0573 e. The third-order valence-corrected chi connectivity index (χ3v) is 5.90. The monoisotopic (exact) mass is 368 g/mol. The van der Waals surface area contributed by atoms with Crippen molar-refractivity contribution in [3.8, 4) is 0 Å². The summed E-state index contributed by atoms with van der Waals surface area (Å²) in [4.78, 5) is 2.76. The van der Waals surface area contributed by atoms with Crippen LogP contribution >= 0.6 is 0 Å². The normalized spacial score (nSPS) is 22.1. The molecule has 0 N–H and O–H groups in total. The first-order valence-electron chi connectivity index (χ1n) is 11.4. The minimum absolute atomic E-state index is 0.648. The molecule has 0 saturated carbocycles. The molecule has 1 saturated heterocycles. The first-order chi connectivity index (χ1) is 13.4. The number of para-hydroxylation sites is 1. The van der Waals surface area contributed by atoms with Gasteiger partial charge in [-0.25, -0.2) is 0 Å². The molecule has 3 aliphatic rings. The Labute approximate surface area is 167 Å². The van der Waals surface area contributed by atoms with Crippen molar-refractivity contribution in [3.63, 3.8) is 0 Å². The molecular formula is C25H40N2. The molecule has 1 aromatic heterocycles. The predicted octanol–water partition coefficient (Wildman–Crippen LogP) is 7.29. The van der Waals surface area contributed by atoms with Gasteiger partial charge in [0.1, 0.15) is 0 Å². The largest absolute Gasteiger partial charge is 0.318 e. The van der Waals surface area contributed by atoms with Crippen molar-refractivity contribution in [2.45, 2.75) is 80.2 Å². The van der Waals surface area contributed by atoms with Gasteiger partial charge in [-0.2, -0.15) is 0 Å². The summed E-state index contributed by atoms with van der Waals surface area (Å²) in [5.41, 5.74) is 6.32. The fourth-order valence-corrected chi connectivity index (χ4v) is 5.01. The molecule has 0 radical (unpaired) electrons. The molecule has 0 spiro atoms. The maximum Gasteiger partial charge on any atom is 0.0573 e. The van der Waals surface area contributed by atoms with E-state index in [-0.39, 0.29) is 0 Å². The van der Waals surface area contributed by atoms with Crippen LogP contribution in [-0.2, 0) is 6.42 Å². The van der Waals surface area contributed by atoms with Crippen LogP contribution in [0.5, 0.6) is 0 Å². The average molecular weight is 369 g/mol. The van der Waals surface area contributed by atoms with Crippen LogP contribution in [0.3, 0.4) is 0 Å². The zero-order valence-corrected chi connectivity index (χ0v) is 18.7. The Hall–Kier alpha value is -1.54. The number of benzene rings is 1. The van der Waals surface area contributed by atoms with Gasteiger partial charge in [-0.15, -0.1) is 0 Å². The summed E-state index contributed by atoms with van der Waals surface area (Å²) < 4.78 is 2.53. The lowest BCUT2D eigenvalue weighted by Crippen LogP contribution is -2.45. The fourth-order valence-electron chi connectivity index (χ4n) is 5.01. The number of nitrogens with zero attached hydrogens (tertiary/aromatic N) is 2. The van der Waals surface area contributed by atoms with E-state index in [2.05, 4.69) is 46.9 Å². The number of aromatic nitrogens is 1. The molecule has 1 fully saturated rings. The van der Waals surface area contributed by atoms with E-state index in [0.717, 1.165) is 5.92 Å². The highest BCUT2D eigenvalue weighted by Crippen LogP contribution is 2.50. The van der Waals surface area contributed by atoms with Crippen molar-refractivity contribution in [3.05, 3.63) is 41.1 Å². The molecule has 5 rings (SSSR count). The maximum absolute atomic E-state index is 2.76. The molecule has 0 aliphatic carbocycles. The summed E-state index contributed by atoms with van der Waals surface area (Å²) in [6, 6.07) is 9.64. The molecule has 1 aromatic carbocycles. The van der Waals surface area contributed by atoms with E-state index in [4.69, 9.17) is 0 Å². The van der Waals surface area contributed by atoms with Gasteiger partial charge < -0.3 is 4.57 Å². The van der Waals surface area contributed by atoms with E-state index in [1.807, 2.05) is 41.5 Å². The second-order valence-corrected chi connectivity index (χ2v) is 6.79. The van der Waals surface area contributed by atoms with E-state index < -0.39 is 0 Å². The Morgan fingerprint density at radius 1 is 0.963 bits per heavy atom. The highest BCUT2D eigenvalue weighted by Gasteiger charge is 2.42. The Kier molecular flexibility index (Phi) is 8.16. The van der Waals surface area contributed by atoms with Gasteiger partial charge in [0.25, 0.3) is 0 Å². The quantitative estimate of drug-likeness (QED) is 0.513. The van der Waals surface area contributed by atoms with Gasteiger partial charge in [-0.05, 0) is 49.4 Å². The van der Waals surface area contributed by atoms with Gasteiger partial charge >= 0.3 is 0 Å². The molecule has 2 atom stereocenters. The van der Waals surface area contributed by atoms with Gasteiger partial charge in [0.05, 0.1) is 11.6 Å². The van der Waals surface area contributed by atoms with E-state index in [9.17, 15) is 0 Å². The highest BCUT2D eigenvalue weighted by molar-refractivity contribution is 5.88. The predicted molar refractivity (Wildman–Crippen MR) is 121 cm³/mol. The Balaban J connectivity index is 0.000000400. The topological polar surface area (TPSA) is 8.17 Å². The van der Waals surface area contributed by atoms with Crippen molar-refractivity contribution in [1.82, 2.24) is 9.47 Å². The van der Waals surface area contributed by atoms with Crippen LogP contribution in [0.2, 0.25) is 0 Å². The highest BCUT2D eigenvalue weighted by atomic mass is 15.2. The van der Waals surface area contributed by atoms with Crippen LogP contribution < -0.4 is 0 Å². The molecule has 2 unspecified atom stereocenters. The minimum Gasteiger partial charge on any atom is -0.318 e. The lowest BCUT2D eigenvalue weighted by atomic mass is 9.76. The molecule has 3 aliphatic heterocycles. The van der Waals surface area contributed by atoms with E-state index in [0.29, 0.717) is 6.04 Å². The van der Waals surface area contributed by atoms with Crippen molar-refractivity contribution in [2.75, 3.05) is 13.1 Å². The molecule has 2 nitrogen and oxygen atoms in total. The van der Waals surface area contributed by atoms with Crippen LogP contribution in [-0.4, -0.2) is 22.6 Å². The third kappa shape index (κ3) is 3.61. The summed E-state index contributed by atoms with van der Waals surface area (Å²) in [5, 5.41) is 1.49. The van der Waals surface area contributed by atoms with Crippen LogP contribution in [0.1, 0.15) is 85.0 Å². The number of hydrogen-bond donors (Lipinski definition) is 0. The third-order valence-electron chi connectivity index (χ3n) is 5.90. The molecular weight excluding hydrogens is 328 g/mol.